The number of carbonyl (C=O) groups excluding carboxylic acids is 1. The Morgan fingerprint density at radius 2 is 1.27 bits per heavy atom. The lowest BCUT2D eigenvalue weighted by Crippen LogP contribution is -2.28. The average Bonchev–Trinajstić information content (AvgIpc) is 2.70. The normalized spacial score (nSPS) is 10.8. The molecule has 0 atom stereocenters. The van der Waals surface area contributed by atoms with Crippen LogP contribution in [-0.2, 0) is 4.57 Å². The number of nitrogens with zero attached hydrogens (tertiary/aromatic N) is 2. The van der Waals surface area contributed by atoms with Crippen LogP contribution in [0.1, 0.15) is 10.4 Å². The van der Waals surface area contributed by atoms with E-state index >= 15 is 0 Å². The number of ketones is 1. The van der Waals surface area contributed by atoms with E-state index in [0.29, 0.717) is 15.6 Å². The fraction of sp³-hybridized carbons (Fsp3) is 0. The predicted molar refractivity (Wildman–Crippen MR) is 104 cm³/mol. The number of hydrogen-bond donors (Lipinski definition) is 0. The first-order valence-electron chi connectivity index (χ1n) is 7.81. The summed E-state index contributed by atoms with van der Waals surface area (Å²) >= 11 is 5.87. The van der Waals surface area contributed by atoms with Gasteiger partial charge in [0.2, 0.25) is 0 Å². The van der Waals surface area contributed by atoms with Crippen LogP contribution in [0, 0.1) is 0 Å². The van der Waals surface area contributed by atoms with Crippen molar-refractivity contribution in [3.63, 3.8) is 0 Å². The van der Waals surface area contributed by atoms with Crippen LogP contribution in [0.4, 0.5) is 0 Å². The second-order valence-electron chi connectivity index (χ2n) is 5.54. The van der Waals surface area contributed by atoms with Crippen LogP contribution in [-0.4, -0.2) is 16.0 Å². The number of carbonyl (C=O) groups is 1. The van der Waals surface area contributed by atoms with Crippen molar-refractivity contribution in [2.24, 2.45) is 0 Å². The molecule has 3 aromatic carbocycles. The number of hydrogen-bond acceptors (Lipinski definition) is 2. The van der Waals surface area contributed by atoms with Gasteiger partial charge in [-0.2, -0.15) is 4.79 Å². The van der Waals surface area contributed by atoms with E-state index < -0.39 is 18.4 Å². The van der Waals surface area contributed by atoms with Gasteiger partial charge in [0.05, 0.1) is 0 Å². The van der Waals surface area contributed by atoms with E-state index in [2.05, 4.69) is 4.79 Å². The van der Waals surface area contributed by atoms with Crippen LogP contribution in [0.2, 0.25) is 5.02 Å². The van der Waals surface area contributed by atoms with Crippen LogP contribution in [0.25, 0.3) is 5.53 Å². The molecule has 0 saturated carbocycles. The fourth-order valence-electron chi connectivity index (χ4n) is 2.65. The Kier molecular flexibility index (Phi) is 5.29. The van der Waals surface area contributed by atoms with Gasteiger partial charge in [-0.3, -0.25) is 4.79 Å². The molecule has 128 valence electrons. The minimum Gasteiger partial charge on any atom is -0.360 e. The first-order chi connectivity index (χ1) is 12.6. The standard InChI is InChI=1S/C20H14ClN2O2P/c21-16-13-11-15(12-14-16)19(24)20(23-22)26(25,17-7-3-1-4-8-17)18-9-5-2-6-10-18/h1-14H. The molecule has 3 rings (SSSR count). The first kappa shape index (κ1) is 18.0. The van der Waals surface area contributed by atoms with Crippen LogP contribution in [0.3, 0.4) is 0 Å². The molecule has 0 N–H and O–H groups in total. The third-order valence-electron chi connectivity index (χ3n) is 3.94. The van der Waals surface area contributed by atoms with Gasteiger partial charge in [-0.25, -0.2) is 0 Å². The molecular weight excluding hydrogens is 367 g/mol. The summed E-state index contributed by atoms with van der Waals surface area (Å²) in [6, 6.07) is 23.3. The highest BCUT2D eigenvalue weighted by Crippen LogP contribution is 2.45. The highest BCUT2D eigenvalue weighted by molar-refractivity contribution is 7.95. The fourth-order valence-corrected chi connectivity index (χ4v) is 5.29. The number of halogens is 1. The molecule has 0 aliphatic carbocycles. The van der Waals surface area contributed by atoms with Gasteiger partial charge in [-0.15, -0.1) is 0 Å². The highest BCUT2D eigenvalue weighted by Gasteiger charge is 2.45. The number of Topliss-reactive ketones (excluding diaryl/α,β-unsaturated/α-hetero) is 1. The third kappa shape index (κ3) is 3.31. The van der Waals surface area contributed by atoms with Crippen molar-refractivity contribution in [3.05, 3.63) is 101 Å². The summed E-state index contributed by atoms with van der Waals surface area (Å²) in [6.07, 6.45) is 0. The molecule has 0 aliphatic rings. The molecule has 0 spiro atoms. The Morgan fingerprint density at radius 1 is 0.808 bits per heavy atom. The SMILES string of the molecule is [N-]=[N+]=C(C(=O)c1ccc(Cl)cc1)P(=O)(c1ccccc1)c1ccccc1. The van der Waals surface area contributed by atoms with Crippen molar-refractivity contribution < 1.29 is 14.1 Å². The number of benzene rings is 3. The van der Waals surface area contributed by atoms with E-state index in [1.807, 2.05) is 0 Å². The Balaban J connectivity index is 2.21. The van der Waals surface area contributed by atoms with Crippen molar-refractivity contribution in [1.29, 1.82) is 0 Å². The second kappa shape index (κ2) is 7.63. The van der Waals surface area contributed by atoms with Gasteiger partial charge in [0.1, 0.15) is 0 Å². The Hall–Kier alpha value is -2.77. The van der Waals surface area contributed by atoms with Crippen molar-refractivity contribution in [1.82, 2.24) is 0 Å². The minimum absolute atomic E-state index is 0.245. The van der Waals surface area contributed by atoms with Gasteiger partial charge in [0.25, 0.3) is 12.9 Å². The molecule has 0 heterocycles. The molecule has 4 nitrogen and oxygen atoms in total. The molecular formula is C20H14ClN2O2P. The average molecular weight is 381 g/mol. The molecule has 0 aromatic heterocycles. The van der Waals surface area contributed by atoms with Gasteiger partial charge in [-0.05, 0) is 24.3 Å². The Bertz CT molecular complexity index is 985. The van der Waals surface area contributed by atoms with Crippen LogP contribution >= 0.6 is 18.7 Å². The van der Waals surface area contributed by atoms with E-state index in [4.69, 9.17) is 11.6 Å². The lowest BCUT2D eigenvalue weighted by molar-refractivity contribution is -0.00156. The zero-order valence-electron chi connectivity index (χ0n) is 13.6. The van der Waals surface area contributed by atoms with Crippen molar-refractivity contribution in [2.75, 3.05) is 0 Å². The maximum absolute atomic E-state index is 14.1. The first-order valence-corrected chi connectivity index (χ1v) is 9.90. The lowest BCUT2D eigenvalue weighted by Gasteiger charge is -2.14. The zero-order chi connectivity index (χ0) is 18.6. The molecule has 0 amide bonds. The van der Waals surface area contributed by atoms with Crippen LogP contribution in [0.15, 0.2) is 84.9 Å². The Labute approximate surface area is 156 Å². The zero-order valence-corrected chi connectivity index (χ0v) is 15.3. The molecule has 26 heavy (non-hydrogen) atoms. The molecule has 3 aromatic rings. The summed E-state index contributed by atoms with van der Waals surface area (Å²) in [5.41, 5.74) is 9.49. The summed E-state index contributed by atoms with van der Waals surface area (Å²) in [5.74, 6) is -0.611. The maximum atomic E-state index is 14.1. The summed E-state index contributed by atoms with van der Waals surface area (Å²) in [6.45, 7) is 0. The monoisotopic (exact) mass is 380 g/mol. The van der Waals surface area contributed by atoms with E-state index in [1.165, 1.54) is 12.1 Å². The van der Waals surface area contributed by atoms with E-state index in [-0.39, 0.29) is 5.56 Å². The predicted octanol–water partition coefficient (Wildman–Crippen LogP) is 4.17. The van der Waals surface area contributed by atoms with Gasteiger partial charge < -0.3 is 10.1 Å². The van der Waals surface area contributed by atoms with Crippen molar-refractivity contribution >= 4 is 40.6 Å². The second-order valence-corrected chi connectivity index (χ2v) is 8.65. The highest BCUT2D eigenvalue weighted by atomic mass is 35.5. The Morgan fingerprint density at radius 3 is 1.69 bits per heavy atom. The van der Waals surface area contributed by atoms with Crippen LogP contribution in [0.5, 0.6) is 0 Å². The van der Waals surface area contributed by atoms with E-state index in [1.54, 1.807) is 72.8 Å². The van der Waals surface area contributed by atoms with E-state index in [0.717, 1.165) is 0 Å². The van der Waals surface area contributed by atoms with Gasteiger partial charge in [-0.1, -0.05) is 72.3 Å². The molecule has 0 unspecified atom stereocenters. The van der Waals surface area contributed by atoms with Gasteiger partial charge in [0, 0.05) is 21.2 Å². The van der Waals surface area contributed by atoms with Crippen molar-refractivity contribution in [2.45, 2.75) is 0 Å². The van der Waals surface area contributed by atoms with Gasteiger partial charge >= 0.3 is 5.45 Å². The molecule has 0 bridgehead atoms. The topological polar surface area (TPSA) is 70.5 Å². The lowest BCUT2D eigenvalue weighted by atomic mass is 10.1. The molecule has 0 radical (unpaired) electrons. The minimum atomic E-state index is -3.65. The van der Waals surface area contributed by atoms with Gasteiger partial charge in [0.15, 0.2) is 0 Å². The third-order valence-corrected chi connectivity index (χ3v) is 7.13. The van der Waals surface area contributed by atoms with E-state index in [9.17, 15) is 14.9 Å². The molecule has 0 fully saturated rings. The molecule has 0 saturated heterocycles. The molecule has 0 aliphatic heterocycles. The molecule has 6 heteroatoms. The largest absolute Gasteiger partial charge is 0.402 e. The smallest absolute Gasteiger partial charge is 0.360 e. The summed E-state index contributed by atoms with van der Waals surface area (Å²) in [4.78, 5) is 16.2. The summed E-state index contributed by atoms with van der Waals surface area (Å²) in [5, 5.41) is 1.31. The summed E-state index contributed by atoms with van der Waals surface area (Å²) in [7, 11) is -3.65. The number of rotatable bonds is 5. The summed E-state index contributed by atoms with van der Waals surface area (Å²) < 4.78 is 14.1. The van der Waals surface area contributed by atoms with Crippen LogP contribution < -0.4 is 10.6 Å². The van der Waals surface area contributed by atoms with Crippen molar-refractivity contribution in [3.8, 4) is 0 Å². The quantitative estimate of drug-likeness (QED) is 0.219. The maximum Gasteiger partial charge on any atom is 0.402 e.